The molecule has 1 fully saturated rings. The third kappa shape index (κ3) is 4.89. The van der Waals surface area contributed by atoms with Crippen molar-refractivity contribution in [2.24, 2.45) is 7.05 Å². The van der Waals surface area contributed by atoms with Gasteiger partial charge in [-0.25, -0.2) is 8.78 Å². The van der Waals surface area contributed by atoms with Crippen molar-refractivity contribution in [3.05, 3.63) is 76.6 Å². The molecule has 0 aliphatic carbocycles. The van der Waals surface area contributed by atoms with Gasteiger partial charge in [0.15, 0.2) is 11.6 Å². The zero-order chi connectivity index (χ0) is 26.2. The van der Waals surface area contributed by atoms with Crippen molar-refractivity contribution in [1.82, 2.24) is 14.7 Å². The van der Waals surface area contributed by atoms with Crippen LogP contribution in [-0.4, -0.2) is 44.8 Å². The topological polar surface area (TPSA) is 85.4 Å². The van der Waals surface area contributed by atoms with Crippen LogP contribution in [-0.2, 0) is 19.0 Å². The maximum absolute atomic E-state index is 14.6. The number of aromatic nitrogens is 2. The number of aromatic hydroxyl groups is 1. The second kappa shape index (κ2) is 9.61. The zero-order valence-corrected chi connectivity index (χ0v) is 20.8. The van der Waals surface area contributed by atoms with E-state index in [1.54, 1.807) is 22.7 Å². The quantitative estimate of drug-likeness (QED) is 0.566. The highest BCUT2D eigenvalue weighted by Crippen LogP contribution is 2.31. The summed E-state index contributed by atoms with van der Waals surface area (Å²) in [6, 6.07) is 12.1. The molecular weight excluding hydrogens is 464 g/mol. The number of nitrogens with zero attached hydrogens (tertiary/aromatic N) is 5. The van der Waals surface area contributed by atoms with Crippen molar-refractivity contribution in [3.63, 3.8) is 0 Å². The molecule has 188 valence electrons. The lowest BCUT2D eigenvalue weighted by molar-refractivity contribution is 0.0779. The van der Waals surface area contributed by atoms with Crippen LogP contribution in [0.15, 0.2) is 42.5 Å². The van der Waals surface area contributed by atoms with E-state index in [0.717, 1.165) is 11.8 Å². The number of likely N-dealkylation sites (tertiary alicyclic amines) is 1. The van der Waals surface area contributed by atoms with Crippen LogP contribution in [0, 0.1) is 23.0 Å². The SMILES string of the molecule is Cn1nc(C(C)(C)C)cc1C(=O)N1CC[C@H](N(Cc2cccc(F)c2F)c2ccc(C#N)c(O)c2)C1. The molecule has 1 atom stereocenters. The molecule has 1 aliphatic heterocycles. The molecule has 2 aromatic carbocycles. The van der Waals surface area contributed by atoms with Gasteiger partial charge in [-0.05, 0) is 30.7 Å². The summed E-state index contributed by atoms with van der Waals surface area (Å²) in [5.41, 5.74) is 1.92. The highest BCUT2D eigenvalue weighted by atomic mass is 19.2. The van der Waals surface area contributed by atoms with Crippen molar-refractivity contribution >= 4 is 11.6 Å². The van der Waals surface area contributed by atoms with Gasteiger partial charge in [-0.15, -0.1) is 0 Å². The van der Waals surface area contributed by atoms with E-state index in [1.807, 2.05) is 37.8 Å². The van der Waals surface area contributed by atoms with Gasteiger partial charge in [0.2, 0.25) is 0 Å². The van der Waals surface area contributed by atoms with E-state index in [4.69, 9.17) is 0 Å². The lowest BCUT2D eigenvalue weighted by Crippen LogP contribution is -2.39. The Kier molecular flexibility index (Phi) is 6.72. The predicted molar refractivity (Wildman–Crippen MR) is 132 cm³/mol. The Hall–Kier alpha value is -3.93. The van der Waals surface area contributed by atoms with Gasteiger partial charge in [0, 0.05) is 55.5 Å². The number of phenolic OH excluding ortho intramolecular Hbond substituents is 1. The summed E-state index contributed by atoms with van der Waals surface area (Å²) in [5, 5.41) is 24.0. The van der Waals surface area contributed by atoms with Gasteiger partial charge in [-0.1, -0.05) is 32.9 Å². The van der Waals surface area contributed by atoms with Gasteiger partial charge in [0.25, 0.3) is 5.91 Å². The minimum atomic E-state index is -0.941. The Labute approximate surface area is 209 Å². The van der Waals surface area contributed by atoms with Crippen LogP contribution in [0.2, 0.25) is 0 Å². The number of amides is 1. The van der Waals surface area contributed by atoms with E-state index in [2.05, 4.69) is 5.10 Å². The molecule has 2 heterocycles. The molecule has 0 bridgehead atoms. The molecular formula is C27H29F2N5O2. The van der Waals surface area contributed by atoms with E-state index >= 15 is 0 Å². The van der Waals surface area contributed by atoms with E-state index in [0.29, 0.717) is 30.9 Å². The summed E-state index contributed by atoms with van der Waals surface area (Å²) >= 11 is 0. The van der Waals surface area contributed by atoms with Crippen LogP contribution in [0.5, 0.6) is 5.75 Å². The van der Waals surface area contributed by atoms with Crippen LogP contribution in [0.3, 0.4) is 0 Å². The molecule has 0 spiro atoms. The van der Waals surface area contributed by atoms with Gasteiger partial charge >= 0.3 is 0 Å². The normalized spacial score (nSPS) is 15.7. The largest absolute Gasteiger partial charge is 0.506 e. The Balaban J connectivity index is 1.63. The highest BCUT2D eigenvalue weighted by Gasteiger charge is 2.34. The Morgan fingerprint density at radius 3 is 2.64 bits per heavy atom. The number of hydrogen-bond donors (Lipinski definition) is 1. The Morgan fingerprint density at radius 2 is 2.00 bits per heavy atom. The van der Waals surface area contributed by atoms with Crippen molar-refractivity contribution in [2.45, 2.75) is 45.2 Å². The number of halogens is 2. The average molecular weight is 494 g/mol. The molecule has 1 aromatic heterocycles. The molecule has 1 saturated heterocycles. The fraction of sp³-hybridized carbons (Fsp3) is 0.370. The molecule has 36 heavy (non-hydrogen) atoms. The fourth-order valence-corrected chi connectivity index (χ4v) is 4.46. The number of phenols is 1. The van der Waals surface area contributed by atoms with E-state index < -0.39 is 11.6 Å². The highest BCUT2D eigenvalue weighted by molar-refractivity contribution is 5.93. The van der Waals surface area contributed by atoms with Crippen molar-refractivity contribution < 1.29 is 18.7 Å². The second-order valence-corrected chi connectivity index (χ2v) is 10.1. The summed E-state index contributed by atoms with van der Waals surface area (Å²) < 4.78 is 30.1. The standard InChI is InChI=1S/C27H29F2N5O2/c1-27(2,3)24-13-22(32(4)31-24)26(36)33-11-10-20(16-33)34(15-18-6-5-7-21(28)25(18)29)19-9-8-17(14-30)23(35)12-19/h5-9,12-13,20,35H,10-11,15-16H2,1-4H3/t20-/m0/s1. The van der Waals surface area contributed by atoms with Crippen LogP contribution < -0.4 is 4.90 Å². The lowest BCUT2D eigenvalue weighted by Gasteiger charge is -2.32. The Morgan fingerprint density at radius 1 is 1.25 bits per heavy atom. The first-order chi connectivity index (χ1) is 17.0. The summed E-state index contributed by atoms with van der Waals surface area (Å²) in [4.78, 5) is 16.9. The molecule has 7 nitrogen and oxygen atoms in total. The number of aryl methyl sites for hydroxylation is 1. The number of rotatable bonds is 5. The molecule has 1 aliphatic rings. The molecule has 4 rings (SSSR count). The number of nitriles is 1. The summed E-state index contributed by atoms with van der Waals surface area (Å²) in [5.74, 6) is -2.22. The average Bonchev–Trinajstić information content (AvgIpc) is 3.47. The first-order valence-electron chi connectivity index (χ1n) is 11.8. The zero-order valence-electron chi connectivity index (χ0n) is 20.8. The molecule has 0 radical (unpaired) electrons. The summed E-state index contributed by atoms with van der Waals surface area (Å²) in [7, 11) is 1.74. The molecule has 1 N–H and O–H groups in total. The van der Waals surface area contributed by atoms with Crippen molar-refractivity contribution in [2.75, 3.05) is 18.0 Å². The van der Waals surface area contributed by atoms with Crippen molar-refractivity contribution in [1.29, 1.82) is 5.26 Å². The van der Waals surface area contributed by atoms with E-state index in [-0.39, 0.29) is 40.8 Å². The smallest absolute Gasteiger partial charge is 0.272 e. The van der Waals surface area contributed by atoms with Crippen LogP contribution >= 0.6 is 0 Å². The number of benzene rings is 2. The maximum Gasteiger partial charge on any atom is 0.272 e. The van der Waals surface area contributed by atoms with Gasteiger partial charge in [0.1, 0.15) is 17.5 Å². The van der Waals surface area contributed by atoms with Crippen LogP contribution in [0.25, 0.3) is 0 Å². The van der Waals surface area contributed by atoms with E-state index in [1.165, 1.54) is 24.3 Å². The van der Waals surface area contributed by atoms with Gasteiger partial charge in [-0.3, -0.25) is 9.48 Å². The summed E-state index contributed by atoms with van der Waals surface area (Å²) in [6.45, 7) is 6.96. The first-order valence-corrected chi connectivity index (χ1v) is 11.8. The molecule has 0 saturated carbocycles. The lowest BCUT2D eigenvalue weighted by atomic mass is 9.92. The first kappa shape index (κ1) is 25.2. The number of carbonyl (C=O) groups excluding carboxylic acids is 1. The molecule has 9 heteroatoms. The van der Waals surface area contributed by atoms with Gasteiger partial charge in [-0.2, -0.15) is 10.4 Å². The van der Waals surface area contributed by atoms with Gasteiger partial charge in [0.05, 0.1) is 11.3 Å². The van der Waals surface area contributed by atoms with Gasteiger partial charge < -0.3 is 14.9 Å². The predicted octanol–water partition coefficient (Wildman–Crippen LogP) is 4.49. The summed E-state index contributed by atoms with van der Waals surface area (Å²) in [6.07, 6.45) is 0.591. The fourth-order valence-electron chi connectivity index (χ4n) is 4.46. The van der Waals surface area contributed by atoms with Crippen molar-refractivity contribution in [3.8, 4) is 11.8 Å². The minimum absolute atomic E-state index is 0.0293. The third-order valence-electron chi connectivity index (χ3n) is 6.56. The maximum atomic E-state index is 14.6. The monoisotopic (exact) mass is 493 g/mol. The second-order valence-electron chi connectivity index (χ2n) is 10.1. The molecule has 1 amide bonds. The number of carbonyl (C=O) groups is 1. The molecule has 0 unspecified atom stereocenters. The number of anilines is 1. The third-order valence-corrected chi connectivity index (χ3v) is 6.56. The minimum Gasteiger partial charge on any atom is -0.506 e. The Bertz CT molecular complexity index is 1340. The molecule has 3 aromatic rings. The van der Waals surface area contributed by atoms with Crippen LogP contribution in [0.1, 0.15) is 54.5 Å². The van der Waals surface area contributed by atoms with E-state index in [9.17, 15) is 23.9 Å². The van der Waals surface area contributed by atoms with Crippen LogP contribution in [0.4, 0.5) is 14.5 Å². The number of hydrogen-bond acceptors (Lipinski definition) is 5.